The molecule has 0 amide bonds. The Balaban J connectivity index is 2.55. The van der Waals surface area contributed by atoms with Crippen LogP contribution >= 0.6 is 11.3 Å². The summed E-state index contributed by atoms with van der Waals surface area (Å²) in [5.74, 6) is -0.164. The Bertz CT molecular complexity index is 418. The molecule has 0 atom stereocenters. The lowest BCUT2D eigenvalue weighted by Crippen LogP contribution is -1.87. The molecule has 0 nitrogen and oxygen atoms in total. The van der Waals surface area contributed by atoms with Gasteiger partial charge in [-0.05, 0) is 52.1 Å². The fourth-order valence-electron chi connectivity index (χ4n) is 1.54. The number of aryl methyl sites for hydroxylation is 1. The van der Waals surface area contributed by atoms with Crippen molar-refractivity contribution in [3.63, 3.8) is 0 Å². The van der Waals surface area contributed by atoms with Crippen molar-refractivity contribution in [3.8, 4) is 11.1 Å². The Kier molecular flexibility index (Phi) is 2.64. The molecule has 0 aliphatic rings. The fraction of sp³-hybridized carbons (Fsp3) is 0.167. The van der Waals surface area contributed by atoms with Crippen molar-refractivity contribution in [2.45, 2.75) is 13.3 Å². The molecule has 72 valence electrons. The summed E-state index contributed by atoms with van der Waals surface area (Å²) in [5.41, 5.74) is 3.34. The maximum absolute atomic E-state index is 13.1. The molecular formula is C12H11FS. The number of rotatable bonds is 2. The van der Waals surface area contributed by atoms with E-state index in [-0.39, 0.29) is 5.82 Å². The van der Waals surface area contributed by atoms with E-state index in [9.17, 15) is 4.39 Å². The van der Waals surface area contributed by atoms with Crippen LogP contribution in [0.1, 0.15) is 12.5 Å². The highest BCUT2D eigenvalue weighted by Crippen LogP contribution is 2.26. The van der Waals surface area contributed by atoms with Gasteiger partial charge in [-0.2, -0.15) is 11.3 Å². The van der Waals surface area contributed by atoms with E-state index in [0.29, 0.717) is 0 Å². The van der Waals surface area contributed by atoms with Crippen LogP contribution in [0.5, 0.6) is 0 Å². The van der Waals surface area contributed by atoms with E-state index in [2.05, 4.69) is 6.92 Å². The van der Waals surface area contributed by atoms with Gasteiger partial charge < -0.3 is 0 Å². The lowest BCUT2D eigenvalue weighted by molar-refractivity contribution is 0.627. The highest BCUT2D eigenvalue weighted by molar-refractivity contribution is 7.08. The van der Waals surface area contributed by atoms with E-state index >= 15 is 0 Å². The second-order valence-corrected chi connectivity index (χ2v) is 3.95. The molecule has 2 heteroatoms. The molecule has 0 N–H and O–H groups in total. The third-order valence-electron chi connectivity index (χ3n) is 2.28. The molecular weight excluding hydrogens is 195 g/mol. The molecule has 1 aromatic carbocycles. The average Bonchev–Trinajstić information content (AvgIpc) is 2.70. The summed E-state index contributed by atoms with van der Waals surface area (Å²) in [6.07, 6.45) is 0.936. The molecule has 0 radical (unpaired) electrons. The molecule has 0 saturated heterocycles. The predicted molar refractivity (Wildman–Crippen MR) is 59.1 cm³/mol. The molecule has 14 heavy (non-hydrogen) atoms. The van der Waals surface area contributed by atoms with Gasteiger partial charge in [0.2, 0.25) is 0 Å². The molecule has 2 rings (SSSR count). The number of halogens is 1. The van der Waals surface area contributed by atoms with Gasteiger partial charge in [0, 0.05) is 0 Å². The van der Waals surface area contributed by atoms with E-state index in [1.807, 2.05) is 22.9 Å². The van der Waals surface area contributed by atoms with Crippen molar-refractivity contribution in [2.24, 2.45) is 0 Å². The topological polar surface area (TPSA) is 0 Å². The second kappa shape index (κ2) is 3.93. The Morgan fingerprint density at radius 1 is 1.29 bits per heavy atom. The van der Waals surface area contributed by atoms with Crippen molar-refractivity contribution >= 4 is 11.3 Å². The van der Waals surface area contributed by atoms with Crippen molar-refractivity contribution in [2.75, 3.05) is 0 Å². The summed E-state index contributed by atoms with van der Waals surface area (Å²) in [4.78, 5) is 0. The monoisotopic (exact) mass is 206 g/mol. The van der Waals surface area contributed by atoms with E-state index in [1.54, 1.807) is 17.4 Å². The van der Waals surface area contributed by atoms with Gasteiger partial charge >= 0.3 is 0 Å². The molecule has 0 aliphatic heterocycles. The van der Waals surface area contributed by atoms with Gasteiger partial charge in [0.1, 0.15) is 5.82 Å². The second-order valence-electron chi connectivity index (χ2n) is 3.17. The van der Waals surface area contributed by atoms with Crippen LogP contribution < -0.4 is 0 Å². The van der Waals surface area contributed by atoms with Crippen LogP contribution in [0.15, 0.2) is 35.0 Å². The average molecular weight is 206 g/mol. The third-order valence-corrected chi connectivity index (χ3v) is 2.97. The summed E-state index contributed by atoms with van der Waals surface area (Å²) in [6, 6.07) is 7.02. The van der Waals surface area contributed by atoms with Crippen LogP contribution in [-0.2, 0) is 6.42 Å². The first-order valence-corrected chi connectivity index (χ1v) is 5.56. The first-order valence-electron chi connectivity index (χ1n) is 4.62. The Morgan fingerprint density at radius 2 is 2.14 bits per heavy atom. The van der Waals surface area contributed by atoms with E-state index in [4.69, 9.17) is 0 Å². The fourth-order valence-corrected chi connectivity index (χ4v) is 2.20. The van der Waals surface area contributed by atoms with E-state index < -0.39 is 0 Å². The van der Waals surface area contributed by atoms with E-state index in [1.165, 1.54) is 11.6 Å². The molecule has 2 aromatic rings. The Morgan fingerprint density at radius 3 is 2.79 bits per heavy atom. The van der Waals surface area contributed by atoms with Crippen LogP contribution in [0.2, 0.25) is 0 Å². The molecule has 1 aromatic heterocycles. The maximum Gasteiger partial charge on any atom is 0.123 e. The zero-order chi connectivity index (χ0) is 9.97. The van der Waals surface area contributed by atoms with Crippen LogP contribution in [-0.4, -0.2) is 0 Å². The van der Waals surface area contributed by atoms with Crippen LogP contribution in [0.25, 0.3) is 11.1 Å². The minimum Gasteiger partial charge on any atom is -0.207 e. The molecule has 1 heterocycles. The standard InChI is InChI=1S/C12H11FS/c1-2-9-3-4-11(13)7-12(9)10-5-6-14-8-10/h3-8H,2H2,1H3. The predicted octanol–water partition coefficient (Wildman–Crippen LogP) is 4.12. The summed E-state index contributed by atoms with van der Waals surface area (Å²) < 4.78 is 13.1. The van der Waals surface area contributed by atoms with Crippen LogP contribution in [0, 0.1) is 5.82 Å². The molecule has 0 unspecified atom stereocenters. The number of thiophene rings is 1. The largest absolute Gasteiger partial charge is 0.207 e. The van der Waals surface area contributed by atoms with Crippen molar-refractivity contribution < 1.29 is 4.39 Å². The van der Waals surface area contributed by atoms with Gasteiger partial charge in [-0.25, -0.2) is 4.39 Å². The molecule has 0 bridgehead atoms. The summed E-state index contributed by atoms with van der Waals surface area (Å²) in [5, 5.41) is 4.06. The molecule has 0 saturated carbocycles. The van der Waals surface area contributed by atoms with Crippen molar-refractivity contribution in [1.29, 1.82) is 0 Å². The highest BCUT2D eigenvalue weighted by atomic mass is 32.1. The van der Waals surface area contributed by atoms with Crippen LogP contribution in [0.4, 0.5) is 4.39 Å². The minimum absolute atomic E-state index is 0.164. The van der Waals surface area contributed by atoms with Gasteiger partial charge in [-0.1, -0.05) is 13.0 Å². The van der Waals surface area contributed by atoms with Crippen LogP contribution in [0.3, 0.4) is 0 Å². The maximum atomic E-state index is 13.1. The highest BCUT2D eigenvalue weighted by Gasteiger charge is 2.05. The molecule has 0 aliphatic carbocycles. The minimum atomic E-state index is -0.164. The lowest BCUT2D eigenvalue weighted by Gasteiger charge is -2.05. The summed E-state index contributed by atoms with van der Waals surface area (Å²) >= 11 is 1.64. The zero-order valence-electron chi connectivity index (χ0n) is 7.96. The van der Waals surface area contributed by atoms with Gasteiger partial charge in [0.25, 0.3) is 0 Å². The third kappa shape index (κ3) is 1.70. The Hall–Kier alpha value is -1.15. The normalized spacial score (nSPS) is 10.4. The zero-order valence-corrected chi connectivity index (χ0v) is 8.77. The molecule has 0 fully saturated rings. The van der Waals surface area contributed by atoms with Crippen molar-refractivity contribution in [3.05, 3.63) is 46.4 Å². The lowest BCUT2D eigenvalue weighted by atomic mass is 10.0. The van der Waals surface area contributed by atoms with Gasteiger partial charge in [0.05, 0.1) is 0 Å². The number of hydrogen-bond acceptors (Lipinski definition) is 1. The Labute approximate surface area is 87.0 Å². The van der Waals surface area contributed by atoms with Gasteiger partial charge in [0.15, 0.2) is 0 Å². The van der Waals surface area contributed by atoms with Gasteiger partial charge in [-0.3, -0.25) is 0 Å². The smallest absolute Gasteiger partial charge is 0.123 e. The summed E-state index contributed by atoms with van der Waals surface area (Å²) in [7, 11) is 0. The summed E-state index contributed by atoms with van der Waals surface area (Å²) in [6.45, 7) is 2.09. The number of hydrogen-bond donors (Lipinski definition) is 0. The quantitative estimate of drug-likeness (QED) is 0.693. The van der Waals surface area contributed by atoms with E-state index in [0.717, 1.165) is 17.5 Å². The number of benzene rings is 1. The first-order chi connectivity index (χ1) is 6.81. The molecule has 0 spiro atoms. The first kappa shape index (κ1) is 9.41. The SMILES string of the molecule is CCc1ccc(F)cc1-c1ccsc1. The van der Waals surface area contributed by atoms with Gasteiger partial charge in [-0.15, -0.1) is 0 Å². The van der Waals surface area contributed by atoms with Crippen molar-refractivity contribution in [1.82, 2.24) is 0 Å².